The summed E-state index contributed by atoms with van der Waals surface area (Å²) in [6.45, 7) is 1.72. The van der Waals surface area contributed by atoms with E-state index >= 15 is 0 Å². The molecule has 1 aliphatic rings. The van der Waals surface area contributed by atoms with Crippen LogP contribution in [0.4, 0.5) is 0 Å². The number of ether oxygens (including phenoxy) is 1. The van der Waals surface area contributed by atoms with Crippen molar-refractivity contribution in [1.29, 1.82) is 0 Å². The maximum atomic E-state index is 12.0. The number of aromatic nitrogens is 1. The molecule has 1 aliphatic heterocycles. The molecule has 22 heavy (non-hydrogen) atoms. The van der Waals surface area contributed by atoms with Crippen LogP contribution in [0.3, 0.4) is 0 Å². The summed E-state index contributed by atoms with van der Waals surface area (Å²) < 4.78 is 32.4. The third-order valence-electron chi connectivity index (χ3n) is 3.82. The first-order valence-electron chi connectivity index (χ1n) is 7.33. The number of hydrogen-bond donors (Lipinski definition) is 1. The van der Waals surface area contributed by atoms with E-state index in [0.29, 0.717) is 31.7 Å². The van der Waals surface area contributed by atoms with Crippen molar-refractivity contribution in [2.45, 2.75) is 18.9 Å². The molecule has 0 radical (unpaired) electrons. The second kappa shape index (κ2) is 7.26. The second-order valence-electron chi connectivity index (χ2n) is 5.48. The Morgan fingerprint density at radius 3 is 2.68 bits per heavy atom. The molecule has 1 fully saturated rings. The van der Waals surface area contributed by atoms with Crippen molar-refractivity contribution in [3.05, 3.63) is 24.0 Å². The molecule has 0 spiro atoms. The highest BCUT2D eigenvalue weighted by molar-refractivity contribution is 7.88. The zero-order valence-corrected chi connectivity index (χ0v) is 13.8. The maximum absolute atomic E-state index is 12.0. The molecule has 2 heterocycles. The van der Waals surface area contributed by atoms with Gasteiger partial charge in [0.05, 0.1) is 6.26 Å². The molecule has 0 saturated carbocycles. The zero-order valence-electron chi connectivity index (χ0n) is 13.0. The van der Waals surface area contributed by atoms with Gasteiger partial charge in [-0.25, -0.2) is 8.42 Å². The lowest BCUT2D eigenvalue weighted by molar-refractivity contribution is 0.0585. The molecule has 0 unspecified atom stereocenters. The van der Waals surface area contributed by atoms with Gasteiger partial charge >= 0.3 is 0 Å². The molecule has 0 bridgehead atoms. The van der Waals surface area contributed by atoms with Crippen LogP contribution in [0.25, 0.3) is 0 Å². The van der Waals surface area contributed by atoms with Crippen LogP contribution in [-0.2, 0) is 21.8 Å². The normalized spacial score (nSPS) is 16.9. The van der Waals surface area contributed by atoms with Crippen molar-refractivity contribution in [2.75, 3.05) is 32.6 Å². The summed E-state index contributed by atoms with van der Waals surface area (Å²) in [7, 11) is -1.51. The van der Waals surface area contributed by atoms with E-state index in [1.165, 1.54) is 10.6 Å². The van der Waals surface area contributed by atoms with Crippen molar-refractivity contribution in [3.63, 3.8) is 0 Å². The molecular formula is C14H23N3O4S. The first-order chi connectivity index (χ1) is 10.4. The van der Waals surface area contributed by atoms with Gasteiger partial charge in [0.25, 0.3) is 5.91 Å². The van der Waals surface area contributed by atoms with Gasteiger partial charge in [-0.05, 0) is 25.0 Å². The predicted molar refractivity (Wildman–Crippen MR) is 83.1 cm³/mol. The van der Waals surface area contributed by atoms with Gasteiger partial charge < -0.3 is 14.6 Å². The van der Waals surface area contributed by atoms with Crippen molar-refractivity contribution >= 4 is 15.9 Å². The van der Waals surface area contributed by atoms with E-state index in [2.05, 4.69) is 5.32 Å². The van der Waals surface area contributed by atoms with Crippen LogP contribution in [0.2, 0.25) is 0 Å². The summed E-state index contributed by atoms with van der Waals surface area (Å²) in [5.74, 6) is -0.201. The molecule has 0 atom stereocenters. The van der Waals surface area contributed by atoms with Gasteiger partial charge in [0.2, 0.25) is 10.0 Å². The molecule has 0 aromatic carbocycles. The Bertz CT molecular complexity index is 605. The third-order valence-corrected chi connectivity index (χ3v) is 5.15. The Labute approximate surface area is 131 Å². The van der Waals surface area contributed by atoms with Crippen molar-refractivity contribution in [1.82, 2.24) is 14.2 Å². The Kier molecular flexibility index (Phi) is 5.60. The van der Waals surface area contributed by atoms with Crippen LogP contribution >= 0.6 is 0 Å². The summed E-state index contributed by atoms with van der Waals surface area (Å²) in [5.41, 5.74) is 0.553. The number of hydrogen-bond acceptors (Lipinski definition) is 4. The monoisotopic (exact) mass is 329 g/mol. The number of nitrogens with zero attached hydrogens (tertiary/aromatic N) is 2. The molecule has 1 amide bonds. The average molecular weight is 329 g/mol. The number of amides is 1. The van der Waals surface area contributed by atoms with E-state index in [1.807, 2.05) is 0 Å². The van der Waals surface area contributed by atoms with E-state index in [9.17, 15) is 13.2 Å². The van der Waals surface area contributed by atoms with Gasteiger partial charge in [-0.3, -0.25) is 4.79 Å². The topological polar surface area (TPSA) is 80.6 Å². The van der Waals surface area contributed by atoms with Crippen LogP contribution in [0.15, 0.2) is 18.3 Å². The summed E-state index contributed by atoms with van der Waals surface area (Å²) in [6, 6.07) is 3.47. The maximum Gasteiger partial charge on any atom is 0.267 e. The molecule has 1 saturated heterocycles. The number of sulfonamides is 1. The number of aryl methyl sites for hydroxylation is 1. The lowest BCUT2D eigenvalue weighted by Crippen LogP contribution is -2.46. The Morgan fingerprint density at radius 2 is 2.14 bits per heavy atom. The quantitative estimate of drug-likeness (QED) is 0.808. The lowest BCUT2D eigenvalue weighted by atomic mass is 10.1. The minimum atomic E-state index is -3.30. The Morgan fingerprint density at radius 1 is 1.45 bits per heavy atom. The highest BCUT2D eigenvalue weighted by Gasteiger charge is 2.28. The fourth-order valence-electron chi connectivity index (χ4n) is 2.66. The fraction of sp³-hybridized carbons (Fsp3) is 0.643. The molecule has 2 rings (SSSR count). The Balaban J connectivity index is 1.91. The fourth-order valence-corrected chi connectivity index (χ4v) is 3.83. The van der Waals surface area contributed by atoms with E-state index < -0.39 is 10.0 Å². The minimum absolute atomic E-state index is 0.0457. The van der Waals surface area contributed by atoms with Gasteiger partial charge in [-0.2, -0.15) is 4.31 Å². The van der Waals surface area contributed by atoms with E-state index in [1.54, 1.807) is 29.9 Å². The van der Waals surface area contributed by atoms with E-state index in [-0.39, 0.29) is 25.0 Å². The number of carbonyl (C=O) groups excluding carboxylic acids is 1. The smallest absolute Gasteiger partial charge is 0.267 e. The first-order valence-corrected chi connectivity index (χ1v) is 9.18. The van der Waals surface area contributed by atoms with Crippen LogP contribution in [0.1, 0.15) is 23.3 Å². The Hall–Kier alpha value is -1.38. The van der Waals surface area contributed by atoms with Crippen LogP contribution in [0, 0.1) is 0 Å². The van der Waals surface area contributed by atoms with Crippen molar-refractivity contribution in [3.8, 4) is 0 Å². The SMILES string of the molecule is Cn1cccc1C(=O)NCCN(C1CCOCC1)S(C)(=O)=O. The first kappa shape index (κ1) is 17.0. The minimum Gasteiger partial charge on any atom is -0.381 e. The van der Waals surface area contributed by atoms with Gasteiger partial charge in [-0.15, -0.1) is 0 Å². The van der Waals surface area contributed by atoms with Crippen LogP contribution < -0.4 is 5.32 Å². The molecule has 1 N–H and O–H groups in total. The number of rotatable bonds is 6. The number of nitrogens with one attached hydrogen (secondary N) is 1. The summed E-state index contributed by atoms with van der Waals surface area (Å²) in [6.07, 6.45) is 4.39. The van der Waals surface area contributed by atoms with Crippen LogP contribution in [-0.4, -0.2) is 61.8 Å². The van der Waals surface area contributed by atoms with Crippen molar-refractivity contribution < 1.29 is 17.9 Å². The summed E-state index contributed by atoms with van der Waals surface area (Å²) in [4.78, 5) is 12.0. The molecule has 8 heteroatoms. The largest absolute Gasteiger partial charge is 0.381 e. The molecule has 124 valence electrons. The van der Waals surface area contributed by atoms with E-state index in [4.69, 9.17) is 4.74 Å². The molecular weight excluding hydrogens is 306 g/mol. The molecule has 7 nitrogen and oxygen atoms in total. The van der Waals surface area contributed by atoms with Gasteiger partial charge in [-0.1, -0.05) is 0 Å². The summed E-state index contributed by atoms with van der Waals surface area (Å²) >= 11 is 0. The van der Waals surface area contributed by atoms with Gasteiger partial charge in [0.1, 0.15) is 5.69 Å². The molecule has 1 aromatic heterocycles. The van der Waals surface area contributed by atoms with Gasteiger partial charge in [0, 0.05) is 45.6 Å². The van der Waals surface area contributed by atoms with Gasteiger partial charge in [0.15, 0.2) is 0 Å². The highest BCUT2D eigenvalue weighted by atomic mass is 32.2. The zero-order chi connectivity index (χ0) is 16.2. The molecule has 0 aliphatic carbocycles. The van der Waals surface area contributed by atoms with Crippen molar-refractivity contribution in [2.24, 2.45) is 7.05 Å². The van der Waals surface area contributed by atoms with Crippen LogP contribution in [0.5, 0.6) is 0 Å². The number of carbonyl (C=O) groups is 1. The highest BCUT2D eigenvalue weighted by Crippen LogP contribution is 2.16. The average Bonchev–Trinajstić information content (AvgIpc) is 2.89. The lowest BCUT2D eigenvalue weighted by Gasteiger charge is -2.32. The summed E-state index contributed by atoms with van der Waals surface area (Å²) in [5, 5.41) is 2.77. The third kappa shape index (κ3) is 4.31. The molecule has 1 aromatic rings. The standard InChI is InChI=1S/C14H23N3O4S/c1-16-8-3-4-13(16)14(18)15-7-9-17(22(2,19)20)12-5-10-21-11-6-12/h3-4,8,12H,5-7,9-11H2,1-2H3,(H,15,18). The second-order valence-corrected chi connectivity index (χ2v) is 7.41. The predicted octanol–water partition coefficient (Wildman–Crippen LogP) is 0.196. The van der Waals surface area contributed by atoms with E-state index in [0.717, 1.165) is 0 Å².